The number of halogens is 1. The molecule has 156 valence electrons. The second-order valence-corrected chi connectivity index (χ2v) is 7.87. The molecule has 5 N–H and O–H groups in total. The van der Waals surface area contributed by atoms with Crippen LogP contribution in [0, 0.1) is 0 Å². The van der Waals surface area contributed by atoms with Gasteiger partial charge < -0.3 is 25.5 Å². The highest BCUT2D eigenvalue weighted by Crippen LogP contribution is 2.27. The molecule has 8 heteroatoms. The molecule has 0 radical (unpaired) electrons. The average molecular weight is 425 g/mol. The zero-order valence-electron chi connectivity index (χ0n) is 16.8. The van der Waals surface area contributed by atoms with Crippen LogP contribution in [0.3, 0.4) is 0 Å². The van der Waals surface area contributed by atoms with Crippen LogP contribution in [0.5, 0.6) is 0 Å². The third-order valence-electron chi connectivity index (χ3n) is 5.48. The molecule has 1 fully saturated rings. The Kier molecular flexibility index (Phi) is 5.57. The number of aryl methyl sites for hydroxylation is 1. The summed E-state index contributed by atoms with van der Waals surface area (Å²) in [5.74, 6) is 5.86. The van der Waals surface area contributed by atoms with Crippen LogP contribution < -0.4 is 21.8 Å². The van der Waals surface area contributed by atoms with E-state index in [4.69, 9.17) is 23.2 Å². The fourth-order valence-electron chi connectivity index (χ4n) is 3.74. The van der Waals surface area contributed by atoms with Gasteiger partial charge in [0.05, 0.1) is 29.9 Å². The van der Waals surface area contributed by atoms with E-state index in [0.29, 0.717) is 30.2 Å². The van der Waals surface area contributed by atoms with E-state index in [1.807, 2.05) is 54.2 Å². The summed E-state index contributed by atoms with van der Waals surface area (Å²) in [6, 6.07) is 13.6. The summed E-state index contributed by atoms with van der Waals surface area (Å²) in [7, 11) is 1.95. The van der Waals surface area contributed by atoms with Gasteiger partial charge in [0.15, 0.2) is 0 Å². The number of fused-ring (bicyclic) bond motifs is 1. The minimum Gasteiger partial charge on any atom is -0.403 e. The second-order valence-electron chi connectivity index (χ2n) is 7.44. The van der Waals surface area contributed by atoms with Crippen LogP contribution >= 0.6 is 11.6 Å². The number of nitrogens with one attached hydrogen (secondary N) is 1. The first-order chi connectivity index (χ1) is 14.5. The van der Waals surface area contributed by atoms with Crippen LogP contribution in [0.15, 0.2) is 60.6 Å². The predicted molar refractivity (Wildman–Crippen MR) is 121 cm³/mol. The van der Waals surface area contributed by atoms with Crippen LogP contribution in [0.4, 0.5) is 5.69 Å². The molecule has 1 aromatic heterocycles. The number of benzene rings is 2. The predicted octanol–water partition coefficient (Wildman–Crippen LogP) is 2.56. The Labute approximate surface area is 180 Å². The second kappa shape index (κ2) is 8.30. The normalized spacial score (nSPS) is 15.8. The monoisotopic (exact) mass is 424 g/mol. The molecule has 0 saturated carbocycles. The Morgan fingerprint density at radius 3 is 2.70 bits per heavy atom. The highest BCUT2D eigenvalue weighted by molar-refractivity contribution is 6.30. The third kappa shape index (κ3) is 3.94. The largest absolute Gasteiger partial charge is 0.403 e. The molecule has 2 heterocycles. The highest BCUT2D eigenvalue weighted by Gasteiger charge is 2.20. The lowest BCUT2D eigenvalue weighted by Gasteiger charge is -2.36. The number of rotatable bonds is 4. The summed E-state index contributed by atoms with van der Waals surface area (Å²) in [5, 5.41) is 6.27. The summed E-state index contributed by atoms with van der Waals surface area (Å²) in [6.07, 6.45) is 3.42. The smallest absolute Gasteiger partial charge is 0.253 e. The number of hydrogen-bond acceptors (Lipinski definition) is 5. The van der Waals surface area contributed by atoms with Crippen molar-refractivity contribution in [3.63, 3.8) is 0 Å². The van der Waals surface area contributed by atoms with Crippen molar-refractivity contribution in [3.8, 4) is 0 Å². The molecular weight excluding hydrogens is 400 g/mol. The number of nitrogens with two attached hydrogens (primary N) is 2. The number of hydrogen-bond donors (Lipinski definition) is 3. The summed E-state index contributed by atoms with van der Waals surface area (Å²) < 4.78 is 1.98. The van der Waals surface area contributed by atoms with Gasteiger partial charge in [-0.1, -0.05) is 23.7 Å². The van der Waals surface area contributed by atoms with E-state index in [1.165, 1.54) is 0 Å². The van der Waals surface area contributed by atoms with Gasteiger partial charge in [-0.2, -0.15) is 0 Å². The van der Waals surface area contributed by atoms with Gasteiger partial charge in [-0.05, 0) is 35.9 Å². The lowest BCUT2D eigenvalue weighted by molar-refractivity contribution is 0.0952. The summed E-state index contributed by atoms with van der Waals surface area (Å²) in [4.78, 5) is 15.0. The number of nitrogens with zero attached hydrogens (tertiary/aromatic N) is 3. The lowest BCUT2D eigenvalue weighted by atomic mass is 10.1. The third-order valence-corrected chi connectivity index (χ3v) is 5.73. The first kappa shape index (κ1) is 20.1. The Morgan fingerprint density at radius 1 is 1.20 bits per heavy atom. The maximum atomic E-state index is 12.8. The molecule has 4 rings (SSSR count). The molecule has 7 nitrogen and oxygen atoms in total. The number of piperazine rings is 1. The number of carbonyl (C=O) groups excluding carboxylic acids is 1. The topological polar surface area (TPSA) is 92.5 Å². The van der Waals surface area contributed by atoms with Crippen molar-refractivity contribution in [3.05, 3.63) is 76.7 Å². The highest BCUT2D eigenvalue weighted by atomic mass is 35.5. The summed E-state index contributed by atoms with van der Waals surface area (Å²) in [6.45, 7) is 2.60. The van der Waals surface area contributed by atoms with Crippen molar-refractivity contribution in [2.45, 2.75) is 6.54 Å². The van der Waals surface area contributed by atoms with E-state index >= 15 is 0 Å². The van der Waals surface area contributed by atoms with Crippen LogP contribution in [0.25, 0.3) is 10.9 Å². The molecule has 30 heavy (non-hydrogen) atoms. The Morgan fingerprint density at radius 2 is 1.97 bits per heavy atom. The van der Waals surface area contributed by atoms with E-state index in [9.17, 15) is 4.79 Å². The van der Waals surface area contributed by atoms with Gasteiger partial charge in [-0.25, -0.2) is 5.84 Å². The van der Waals surface area contributed by atoms with Gasteiger partial charge >= 0.3 is 0 Å². The van der Waals surface area contributed by atoms with Crippen molar-refractivity contribution < 1.29 is 4.79 Å². The molecule has 0 bridgehead atoms. The number of carbonyl (C=O) groups is 1. The quantitative estimate of drug-likeness (QED) is 0.560. The van der Waals surface area contributed by atoms with Crippen molar-refractivity contribution in [2.75, 3.05) is 24.5 Å². The molecule has 0 atom stereocenters. The zero-order chi connectivity index (χ0) is 21.3. The zero-order valence-corrected chi connectivity index (χ0v) is 17.6. The van der Waals surface area contributed by atoms with E-state index in [0.717, 1.165) is 34.4 Å². The van der Waals surface area contributed by atoms with Crippen LogP contribution in [-0.2, 0) is 13.6 Å². The maximum absolute atomic E-state index is 12.8. The molecule has 0 aliphatic carbocycles. The van der Waals surface area contributed by atoms with Crippen molar-refractivity contribution >= 4 is 34.1 Å². The molecule has 1 saturated heterocycles. The molecular formula is C22H25ClN6O. The molecule has 1 aliphatic rings. The van der Waals surface area contributed by atoms with E-state index in [-0.39, 0.29) is 5.91 Å². The molecule has 0 spiro atoms. The SMILES string of the molecule is Cn1cc(C(=O)NCc2ccc(Cl)cc2)c2ccc(N3CCN(N)/C(=C\N)C3)cc21. The fourth-order valence-corrected chi connectivity index (χ4v) is 3.86. The van der Waals surface area contributed by atoms with E-state index in [2.05, 4.69) is 16.3 Å². The van der Waals surface area contributed by atoms with Gasteiger partial charge in [0.25, 0.3) is 5.91 Å². The Balaban J connectivity index is 1.54. The summed E-state index contributed by atoms with van der Waals surface area (Å²) >= 11 is 5.92. The maximum Gasteiger partial charge on any atom is 0.253 e. The fraction of sp³-hybridized carbons (Fsp3) is 0.227. The molecule has 3 aromatic rings. The Bertz CT molecular complexity index is 1100. The van der Waals surface area contributed by atoms with Crippen LogP contribution in [0.1, 0.15) is 15.9 Å². The Hall–Kier alpha value is -3.16. The number of aromatic nitrogens is 1. The first-order valence-electron chi connectivity index (χ1n) is 9.76. The lowest BCUT2D eigenvalue weighted by Crippen LogP contribution is -2.48. The molecule has 0 unspecified atom stereocenters. The first-order valence-corrected chi connectivity index (χ1v) is 10.1. The van der Waals surface area contributed by atoms with Gasteiger partial charge in [-0.15, -0.1) is 0 Å². The summed E-state index contributed by atoms with van der Waals surface area (Å²) in [5.41, 5.74) is 10.3. The van der Waals surface area contributed by atoms with Crippen molar-refractivity contribution in [1.29, 1.82) is 0 Å². The molecule has 1 aliphatic heterocycles. The number of amides is 1. The van der Waals surface area contributed by atoms with Gasteiger partial charge in [-0.3, -0.25) is 4.79 Å². The molecule has 1 amide bonds. The van der Waals surface area contributed by atoms with Crippen LogP contribution in [0.2, 0.25) is 5.02 Å². The van der Waals surface area contributed by atoms with Crippen LogP contribution in [-0.4, -0.2) is 35.1 Å². The van der Waals surface area contributed by atoms with E-state index < -0.39 is 0 Å². The average Bonchev–Trinajstić information content (AvgIpc) is 3.09. The molecule has 2 aromatic carbocycles. The van der Waals surface area contributed by atoms with Gasteiger partial charge in [0.2, 0.25) is 0 Å². The number of hydrazine groups is 1. The standard InChI is InChI=1S/C22H25ClN6O/c1-27-14-20(22(30)26-12-15-2-4-16(23)5-3-15)19-7-6-17(10-21(19)27)28-8-9-29(25)18(11-24)13-28/h2-7,10-11,14H,8-9,12-13,24-25H2,1H3,(H,26,30)/b18-11-. The van der Waals surface area contributed by atoms with Crippen molar-refractivity contribution in [1.82, 2.24) is 14.9 Å². The van der Waals surface area contributed by atoms with Gasteiger partial charge in [0, 0.05) is 48.6 Å². The van der Waals surface area contributed by atoms with E-state index in [1.54, 1.807) is 11.2 Å². The minimum atomic E-state index is -0.103. The minimum absolute atomic E-state index is 0.103. The van der Waals surface area contributed by atoms with Gasteiger partial charge in [0.1, 0.15) is 0 Å². The van der Waals surface area contributed by atoms with Crippen molar-refractivity contribution in [2.24, 2.45) is 18.6 Å². The number of anilines is 1.